The molecule has 4 atom stereocenters. The molecule has 5 rings (SSSR count). The number of imidazole rings is 1. The smallest absolute Gasteiger partial charge is 0.319 e. The molecule has 1 aliphatic heterocycles. The van der Waals surface area contributed by atoms with E-state index in [1.807, 2.05) is 54.6 Å². The number of carbonyl (C=O) groups is 1. The lowest BCUT2D eigenvalue weighted by Gasteiger charge is -2.30. The predicted molar refractivity (Wildman–Crippen MR) is 179 cm³/mol. The molecule has 0 spiro atoms. The van der Waals surface area contributed by atoms with Crippen LogP contribution in [0.5, 0.6) is 0 Å². The molecule has 4 aromatic rings. The van der Waals surface area contributed by atoms with Gasteiger partial charge in [0, 0.05) is 37.9 Å². The molecule has 1 aliphatic rings. The molecule has 12 heteroatoms. The van der Waals surface area contributed by atoms with Crippen molar-refractivity contribution in [2.45, 2.75) is 83.6 Å². The molecule has 0 saturated carbocycles. The van der Waals surface area contributed by atoms with E-state index in [2.05, 4.69) is 70.4 Å². The van der Waals surface area contributed by atoms with Crippen LogP contribution in [-0.4, -0.2) is 84.7 Å². The second-order valence-corrected chi connectivity index (χ2v) is 13.1. The maximum absolute atomic E-state index is 12.5. The molecule has 0 unspecified atom stereocenters. The number of aromatic nitrogens is 4. The van der Waals surface area contributed by atoms with Crippen molar-refractivity contribution in [2.75, 3.05) is 30.3 Å². The molecular weight excluding hydrogens is 584 g/mol. The van der Waals surface area contributed by atoms with Gasteiger partial charge in [-0.15, -0.1) is 0 Å². The molecule has 246 valence electrons. The van der Waals surface area contributed by atoms with Gasteiger partial charge in [0.2, 0.25) is 0 Å². The van der Waals surface area contributed by atoms with Gasteiger partial charge in [-0.1, -0.05) is 63.2 Å². The summed E-state index contributed by atoms with van der Waals surface area (Å²) >= 11 is 0. The van der Waals surface area contributed by atoms with E-state index in [1.54, 1.807) is 10.9 Å². The van der Waals surface area contributed by atoms with Gasteiger partial charge < -0.3 is 30.9 Å². The van der Waals surface area contributed by atoms with E-state index in [0.717, 1.165) is 11.3 Å². The normalized spacial score (nSPS) is 20.0. The summed E-state index contributed by atoms with van der Waals surface area (Å²) in [5.41, 5.74) is 4.15. The monoisotopic (exact) mass is 630 g/mol. The molecule has 2 amide bonds. The molecule has 12 nitrogen and oxygen atoms in total. The summed E-state index contributed by atoms with van der Waals surface area (Å²) in [5.74, 6) is 0.573. The van der Waals surface area contributed by atoms with Crippen molar-refractivity contribution < 1.29 is 19.7 Å². The number of urea groups is 1. The van der Waals surface area contributed by atoms with Gasteiger partial charge in [-0.3, -0.25) is 9.47 Å². The van der Waals surface area contributed by atoms with Crippen LogP contribution in [0.2, 0.25) is 0 Å². The average molecular weight is 631 g/mol. The first-order valence-corrected chi connectivity index (χ1v) is 15.9. The third-order valence-electron chi connectivity index (χ3n) is 8.33. The Bertz CT molecular complexity index is 1570. The van der Waals surface area contributed by atoms with E-state index < -0.39 is 24.5 Å². The summed E-state index contributed by atoms with van der Waals surface area (Å²) in [6.07, 6.45) is -0.0643. The Kier molecular flexibility index (Phi) is 10.5. The standard InChI is InChI=1S/C34H46N8O4/c1-22(2)41(17-9-16-35-33(45)40-25-14-12-24(13-15-25)34(3,4)5)19-26-28(43)29(44)32(46-26)42-21-39-27-30(37-20-38-31(27)42)36-18-23-10-7-6-8-11-23/h6-8,10-15,20-22,26,28-29,32,43-44H,9,16-19H2,1-5H3,(H2,35,40,45)(H,36,37,38)/t26-,28-,29-,32-/m1/s1. The predicted octanol–water partition coefficient (Wildman–Crippen LogP) is 4.28. The average Bonchev–Trinajstić information content (AvgIpc) is 3.58. The van der Waals surface area contributed by atoms with Crippen LogP contribution in [0.4, 0.5) is 16.3 Å². The Morgan fingerprint density at radius 1 is 1.02 bits per heavy atom. The fraction of sp³-hybridized carbons (Fsp3) is 0.471. The molecule has 0 bridgehead atoms. The molecule has 3 heterocycles. The van der Waals surface area contributed by atoms with Crippen molar-refractivity contribution in [3.05, 3.63) is 78.4 Å². The molecule has 1 saturated heterocycles. The van der Waals surface area contributed by atoms with Crippen molar-refractivity contribution in [1.82, 2.24) is 29.7 Å². The lowest BCUT2D eigenvalue weighted by Crippen LogP contribution is -2.44. The number of rotatable bonds is 12. The van der Waals surface area contributed by atoms with E-state index >= 15 is 0 Å². The number of aliphatic hydroxyl groups is 2. The second kappa shape index (κ2) is 14.5. The summed E-state index contributed by atoms with van der Waals surface area (Å²) in [6.45, 7) is 12.7. The maximum atomic E-state index is 12.5. The fourth-order valence-corrected chi connectivity index (χ4v) is 5.56. The number of anilines is 2. The number of benzene rings is 2. The number of hydrogen-bond acceptors (Lipinski definition) is 9. The van der Waals surface area contributed by atoms with E-state index in [0.29, 0.717) is 49.6 Å². The van der Waals surface area contributed by atoms with Crippen molar-refractivity contribution in [2.24, 2.45) is 0 Å². The zero-order valence-corrected chi connectivity index (χ0v) is 27.2. The van der Waals surface area contributed by atoms with Gasteiger partial charge in [0.25, 0.3) is 0 Å². The van der Waals surface area contributed by atoms with Gasteiger partial charge in [0.15, 0.2) is 23.2 Å². The first-order chi connectivity index (χ1) is 22.0. The zero-order chi connectivity index (χ0) is 32.8. The van der Waals surface area contributed by atoms with Gasteiger partial charge in [0.1, 0.15) is 24.6 Å². The number of fused-ring (bicyclic) bond motifs is 1. The highest BCUT2D eigenvalue weighted by atomic mass is 16.6. The number of carbonyl (C=O) groups excluding carboxylic acids is 1. The van der Waals surface area contributed by atoms with Crippen molar-refractivity contribution in [1.29, 1.82) is 0 Å². The highest BCUT2D eigenvalue weighted by molar-refractivity contribution is 5.89. The third-order valence-corrected chi connectivity index (χ3v) is 8.33. The highest BCUT2D eigenvalue weighted by Crippen LogP contribution is 2.33. The number of hydrogen-bond donors (Lipinski definition) is 5. The first kappa shape index (κ1) is 33.3. The van der Waals surface area contributed by atoms with Gasteiger partial charge in [-0.2, -0.15) is 0 Å². The van der Waals surface area contributed by atoms with Gasteiger partial charge in [-0.05, 0) is 48.9 Å². The van der Waals surface area contributed by atoms with Crippen LogP contribution < -0.4 is 16.0 Å². The Labute approximate surface area is 270 Å². The number of amides is 2. The van der Waals surface area contributed by atoms with E-state index in [9.17, 15) is 15.0 Å². The number of nitrogens with zero attached hydrogens (tertiary/aromatic N) is 5. The van der Waals surface area contributed by atoms with Crippen LogP contribution in [0.3, 0.4) is 0 Å². The quantitative estimate of drug-likeness (QED) is 0.145. The van der Waals surface area contributed by atoms with Crippen LogP contribution >= 0.6 is 0 Å². The summed E-state index contributed by atoms with van der Waals surface area (Å²) in [6, 6.07) is 17.8. The minimum absolute atomic E-state index is 0.0505. The fourth-order valence-electron chi connectivity index (χ4n) is 5.56. The summed E-state index contributed by atoms with van der Waals surface area (Å²) in [5, 5.41) is 31.1. The number of nitrogens with one attached hydrogen (secondary N) is 3. The SMILES string of the molecule is CC(C)N(CCCNC(=O)Nc1ccc(C(C)(C)C)cc1)C[C@H]1O[C@@H](n2cnc3c(NCc4ccccc4)ncnc32)[C@H](O)[C@@H]1O. The van der Waals surface area contributed by atoms with Crippen LogP contribution in [0.25, 0.3) is 11.2 Å². The van der Waals surface area contributed by atoms with Crippen LogP contribution in [0.1, 0.15) is 58.4 Å². The molecule has 0 aliphatic carbocycles. The summed E-state index contributed by atoms with van der Waals surface area (Å²) in [4.78, 5) is 27.9. The third kappa shape index (κ3) is 8.00. The van der Waals surface area contributed by atoms with Crippen LogP contribution in [-0.2, 0) is 16.7 Å². The summed E-state index contributed by atoms with van der Waals surface area (Å²) in [7, 11) is 0. The first-order valence-electron chi connectivity index (χ1n) is 15.9. The molecule has 2 aromatic carbocycles. The Morgan fingerprint density at radius 2 is 1.76 bits per heavy atom. The molecule has 5 N–H and O–H groups in total. The Balaban J connectivity index is 1.14. The number of ether oxygens (including phenoxy) is 1. The van der Waals surface area contributed by atoms with E-state index in [4.69, 9.17) is 4.74 Å². The number of aliphatic hydroxyl groups excluding tert-OH is 2. The largest absolute Gasteiger partial charge is 0.387 e. The van der Waals surface area contributed by atoms with Crippen molar-refractivity contribution in [3.63, 3.8) is 0 Å². The van der Waals surface area contributed by atoms with Gasteiger partial charge in [-0.25, -0.2) is 19.7 Å². The molecular formula is C34H46N8O4. The van der Waals surface area contributed by atoms with E-state index in [1.165, 1.54) is 11.9 Å². The topological polar surface area (TPSA) is 150 Å². The summed E-state index contributed by atoms with van der Waals surface area (Å²) < 4.78 is 7.90. The minimum Gasteiger partial charge on any atom is -0.387 e. The van der Waals surface area contributed by atoms with Crippen LogP contribution in [0.15, 0.2) is 67.3 Å². The molecule has 46 heavy (non-hydrogen) atoms. The highest BCUT2D eigenvalue weighted by Gasteiger charge is 2.45. The van der Waals surface area contributed by atoms with Gasteiger partial charge in [0.05, 0.1) is 6.33 Å². The molecule has 2 aromatic heterocycles. The van der Waals surface area contributed by atoms with Crippen molar-refractivity contribution in [3.8, 4) is 0 Å². The Morgan fingerprint density at radius 3 is 2.46 bits per heavy atom. The maximum Gasteiger partial charge on any atom is 0.319 e. The molecule has 0 radical (unpaired) electrons. The van der Waals surface area contributed by atoms with E-state index in [-0.39, 0.29) is 17.5 Å². The minimum atomic E-state index is -1.17. The Hall–Kier alpha value is -4.10. The van der Waals surface area contributed by atoms with Crippen LogP contribution in [0, 0.1) is 0 Å². The lowest BCUT2D eigenvalue weighted by atomic mass is 9.87. The van der Waals surface area contributed by atoms with Crippen molar-refractivity contribution >= 4 is 28.7 Å². The lowest BCUT2D eigenvalue weighted by molar-refractivity contribution is -0.0468. The molecule has 1 fully saturated rings. The second-order valence-electron chi connectivity index (χ2n) is 13.1. The van der Waals surface area contributed by atoms with Gasteiger partial charge >= 0.3 is 6.03 Å². The zero-order valence-electron chi connectivity index (χ0n) is 27.2.